The zero-order valence-corrected chi connectivity index (χ0v) is 17.1. The van der Waals surface area contributed by atoms with Gasteiger partial charge in [0.1, 0.15) is 0 Å². The lowest BCUT2D eigenvalue weighted by molar-refractivity contribution is 0.216. The summed E-state index contributed by atoms with van der Waals surface area (Å²) in [4.78, 5) is 17.2. The summed E-state index contributed by atoms with van der Waals surface area (Å²) in [6.07, 6.45) is 12.7. The number of rotatable bonds is 5. The van der Waals surface area contributed by atoms with E-state index in [2.05, 4.69) is 55.2 Å². The molecular formula is C24H31N5. The molecule has 0 radical (unpaired) electrons. The van der Waals surface area contributed by atoms with Crippen molar-refractivity contribution in [2.75, 3.05) is 37.6 Å². The number of para-hydroxylation sites is 1. The second kappa shape index (κ2) is 8.54. The van der Waals surface area contributed by atoms with Crippen LogP contribution in [0.1, 0.15) is 43.6 Å². The molecular weight excluding hydrogens is 358 g/mol. The summed E-state index contributed by atoms with van der Waals surface area (Å²) in [5.74, 6) is 2.51. The smallest absolute Gasteiger partial charge is 0.225 e. The molecule has 0 unspecified atom stereocenters. The zero-order chi connectivity index (χ0) is 19.5. The number of H-pyrrole nitrogens is 1. The lowest BCUT2D eigenvalue weighted by Gasteiger charge is -2.36. The Morgan fingerprint density at radius 2 is 1.66 bits per heavy atom. The van der Waals surface area contributed by atoms with E-state index in [9.17, 15) is 0 Å². The van der Waals surface area contributed by atoms with Gasteiger partial charge >= 0.3 is 0 Å². The van der Waals surface area contributed by atoms with Crippen LogP contribution in [0.2, 0.25) is 0 Å². The van der Waals surface area contributed by atoms with Crippen molar-refractivity contribution < 1.29 is 0 Å². The number of piperazine rings is 1. The van der Waals surface area contributed by atoms with E-state index >= 15 is 0 Å². The summed E-state index contributed by atoms with van der Waals surface area (Å²) >= 11 is 0. The third-order valence-electron chi connectivity index (χ3n) is 6.97. The predicted molar refractivity (Wildman–Crippen MR) is 118 cm³/mol. The van der Waals surface area contributed by atoms with Crippen molar-refractivity contribution in [1.29, 1.82) is 0 Å². The Morgan fingerprint density at radius 1 is 0.897 bits per heavy atom. The van der Waals surface area contributed by atoms with E-state index in [1.54, 1.807) is 5.56 Å². The van der Waals surface area contributed by atoms with Gasteiger partial charge in [-0.2, -0.15) is 0 Å². The van der Waals surface area contributed by atoms with E-state index in [0.29, 0.717) is 0 Å². The first-order valence-electron chi connectivity index (χ1n) is 11.2. The summed E-state index contributed by atoms with van der Waals surface area (Å²) in [6, 6.07) is 10.6. The number of nitrogens with zero attached hydrogens (tertiary/aromatic N) is 4. The third kappa shape index (κ3) is 4.15. The number of anilines is 1. The van der Waals surface area contributed by atoms with Crippen molar-refractivity contribution in [2.24, 2.45) is 5.92 Å². The highest BCUT2D eigenvalue weighted by atomic mass is 15.3. The molecule has 1 saturated carbocycles. The molecule has 0 atom stereocenters. The number of fused-ring (bicyclic) bond motifs is 1. The molecule has 2 aromatic heterocycles. The molecule has 1 saturated heterocycles. The van der Waals surface area contributed by atoms with Gasteiger partial charge in [-0.3, -0.25) is 4.90 Å². The molecule has 0 spiro atoms. The molecule has 0 amide bonds. The van der Waals surface area contributed by atoms with Crippen LogP contribution in [0.5, 0.6) is 0 Å². The summed E-state index contributed by atoms with van der Waals surface area (Å²) in [7, 11) is 0. The van der Waals surface area contributed by atoms with Gasteiger partial charge in [0.25, 0.3) is 0 Å². The molecule has 2 fully saturated rings. The highest BCUT2D eigenvalue weighted by Gasteiger charge is 2.25. The minimum absolute atomic E-state index is 0.733. The van der Waals surface area contributed by atoms with Crippen molar-refractivity contribution in [1.82, 2.24) is 19.9 Å². The predicted octanol–water partition coefficient (Wildman–Crippen LogP) is 4.44. The number of benzene rings is 1. The van der Waals surface area contributed by atoms with E-state index in [-0.39, 0.29) is 0 Å². The summed E-state index contributed by atoms with van der Waals surface area (Å²) < 4.78 is 0. The van der Waals surface area contributed by atoms with Crippen LogP contribution in [0.25, 0.3) is 10.9 Å². The summed E-state index contributed by atoms with van der Waals surface area (Å²) in [5.41, 5.74) is 2.82. The average Bonchev–Trinajstić information content (AvgIpc) is 3.23. The molecule has 1 aliphatic heterocycles. The van der Waals surface area contributed by atoms with E-state index in [4.69, 9.17) is 0 Å². The maximum atomic E-state index is 4.39. The fraction of sp³-hybridized carbons (Fsp3) is 0.500. The molecule has 5 rings (SSSR count). The van der Waals surface area contributed by atoms with Crippen LogP contribution >= 0.6 is 0 Å². The van der Waals surface area contributed by atoms with Gasteiger partial charge in [-0.1, -0.05) is 18.2 Å². The molecule has 29 heavy (non-hydrogen) atoms. The molecule has 1 aliphatic carbocycles. The average molecular weight is 390 g/mol. The first-order chi connectivity index (χ1) is 14.4. The molecule has 2 aliphatic rings. The number of aromatic nitrogens is 3. The normalized spacial score (nSPS) is 23.5. The quantitative estimate of drug-likeness (QED) is 0.701. The molecule has 5 nitrogen and oxygen atoms in total. The fourth-order valence-corrected chi connectivity index (χ4v) is 5.19. The number of hydrogen-bond donors (Lipinski definition) is 1. The van der Waals surface area contributed by atoms with Gasteiger partial charge < -0.3 is 9.88 Å². The van der Waals surface area contributed by atoms with Crippen LogP contribution in [-0.2, 0) is 0 Å². The van der Waals surface area contributed by atoms with Crippen molar-refractivity contribution >= 4 is 16.9 Å². The van der Waals surface area contributed by atoms with Gasteiger partial charge in [0, 0.05) is 55.7 Å². The maximum absolute atomic E-state index is 4.39. The van der Waals surface area contributed by atoms with Crippen molar-refractivity contribution in [3.05, 3.63) is 54.5 Å². The van der Waals surface area contributed by atoms with Crippen LogP contribution in [0.15, 0.2) is 48.9 Å². The maximum Gasteiger partial charge on any atom is 0.225 e. The Kier molecular flexibility index (Phi) is 5.48. The number of nitrogens with one attached hydrogen (secondary N) is 1. The van der Waals surface area contributed by atoms with Gasteiger partial charge in [-0.15, -0.1) is 0 Å². The highest BCUT2D eigenvalue weighted by Crippen LogP contribution is 2.39. The lowest BCUT2D eigenvalue weighted by Crippen LogP contribution is -2.47. The molecule has 152 valence electrons. The van der Waals surface area contributed by atoms with Gasteiger partial charge in [-0.25, -0.2) is 9.97 Å². The van der Waals surface area contributed by atoms with E-state index < -0.39 is 0 Å². The fourth-order valence-electron chi connectivity index (χ4n) is 5.19. The standard InChI is InChI=1S/C24H31N5/c1-2-5-23-21(4-1)22(18-27-23)20-8-6-19(7-9-20)10-13-28-14-16-29(17-15-28)24-25-11-3-12-26-24/h1-5,11-12,18-20,27H,6-10,13-17H2. The SMILES string of the molecule is c1cnc(N2CCN(CCC3CCC(c4c[nH]c5ccccc45)CC3)CC2)nc1. The van der Waals surface area contributed by atoms with Crippen molar-refractivity contribution in [3.63, 3.8) is 0 Å². The van der Waals surface area contributed by atoms with Gasteiger partial charge in [0.2, 0.25) is 5.95 Å². The molecule has 1 N–H and O–H groups in total. The Labute approximate surface area is 173 Å². The minimum atomic E-state index is 0.733. The summed E-state index contributed by atoms with van der Waals surface area (Å²) in [5, 5.41) is 1.43. The Morgan fingerprint density at radius 3 is 2.45 bits per heavy atom. The first-order valence-corrected chi connectivity index (χ1v) is 11.2. The number of hydrogen-bond acceptors (Lipinski definition) is 4. The Balaban J connectivity index is 1.07. The van der Waals surface area contributed by atoms with E-state index in [1.807, 2.05) is 18.5 Å². The first kappa shape index (κ1) is 18.6. The van der Waals surface area contributed by atoms with E-state index in [0.717, 1.165) is 44.0 Å². The van der Waals surface area contributed by atoms with Crippen LogP contribution in [0, 0.1) is 5.92 Å². The van der Waals surface area contributed by atoms with Crippen LogP contribution in [0.4, 0.5) is 5.95 Å². The zero-order valence-electron chi connectivity index (χ0n) is 17.1. The molecule has 0 bridgehead atoms. The van der Waals surface area contributed by atoms with Gasteiger partial charge in [0.15, 0.2) is 0 Å². The van der Waals surface area contributed by atoms with E-state index in [1.165, 1.54) is 49.6 Å². The van der Waals surface area contributed by atoms with Crippen molar-refractivity contribution in [2.45, 2.75) is 38.0 Å². The molecule has 3 heterocycles. The minimum Gasteiger partial charge on any atom is -0.361 e. The van der Waals surface area contributed by atoms with Crippen LogP contribution in [0.3, 0.4) is 0 Å². The molecule has 1 aromatic carbocycles. The summed E-state index contributed by atoms with van der Waals surface area (Å²) in [6.45, 7) is 5.58. The van der Waals surface area contributed by atoms with Crippen LogP contribution in [-0.4, -0.2) is 52.6 Å². The second-order valence-corrected chi connectivity index (χ2v) is 8.67. The van der Waals surface area contributed by atoms with Crippen molar-refractivity contribution in [3.8, 4) is 0 Å². The molecule has 3 aromatic rings. The largest absolute Gasteiger partial charge is 0.361 e. The highest BCUT2D eigenvalue weighted by molar-refractivity contribution is 5.83. The number of aromatic amines is 1. The monoisotopic (exact) mass is 389 g/mol. The van der Waals surface area contributed by atoms with Gasteiger partial charge in [0.05, 0.1) is 0 Å². The Hall–Kier alpha value is -2.40. The Bertz CT molecular complexity index is 905. The van der Waals surface area contributed by atoms with Crippen LogP contribution < -0.4 is 4.90 Å². The lowest BCUT2D eigenvalue weighted by atomic mass is 9.77. The second-order valence-electron chi connectivity index (χ2n) is 8.67. The topological polar surface area (TPSA) is 48.1 Å². The molecule has 5 heteroatoms. The van der Waals surface area contributed by atoms with Gasteiger partial charge in [-0.05, 0) is 68.2 Å². The third-order valence-corrected chi connectivity index (χ3v) is 6.97.